The van der Waals surface area contributed by atoms with Gasteiger partial charge in [0.25, 0.3) is 64.7 Å². The van der Waals surface area contributed by atoms with Crippen LogP contribution in [-0.2, 0) is 20.1 Å². The topological polar surface area (TPSA) is 398 Å². The zero-order valence-corrected chi connectivity index (χ0v) is 21.2. The molecular weight excluding hydrogens is 732 g/mol. The molecule has 0 atom stereocenters. The molecule has 6 N–H and O–H groups in total. The largest absolute Gasteiger partial charge is 1.00 e. The molecule has 26 heteroatoms. The van der Waals surface area contributed by atoms with E-state index in [9.17, 15) is 0 Å². The van der Waals surface area contributed by atoms with Gasteiger partial charge in [-0.1, -0.05) is 0 Å². The van der Waals surface area contributed by atoms with Crippen LogP contribution >= 0.6 is 0 Å². The summed E-state index contributed by atoms with van der Waals surface area (Å²) in [5.74, 6) is 0. The third kappa shape index (κ3) is 1730. The second kappa shape index (κ2) is 46.5. The van der Waals surface area contributed by atoms with E-state index < -0.39 is 64.7 Å². The van der Waals surface area contributed by atoms with E-state index in [0.717, 1.165) is 0 Å². The Bertz CT molecular complexity index is 113. The SMILES string of the molecule is [H-].[Ir].[K+].[O-][Cl+2]([O-])O.[O-][Cl+2]([O-])O.[O-][Cl+2]([O-])O.[O-][Cl+2]([O-])O.[O-][Cl+2]([O-])O.[O-][Cl+2]([O-])O. The van der Waals surface area contributed by atoms with Crippen molar-refractivity contribution in [2.24, 2.45) is 0 Å². The summed E-state index contributed by atoms with van der Waals surface area (Å²) in [7, 11) is -15.6. The first-order chi connectivity index (χ1) is 10.4. The van der Waals surface area contributed by atoms with Crippen LogP contribution in [0.1, 0.15) is 1.43 Å². The molecule has 26 heavy (non-hydrogen) atoms. The normalized spacial score (nSPS) is 8.31. The van der Waals surface area contributed by atoms with Crippen LogP contribution in [0.15, 0.2) is 0 Å². The van der Waals surface area contributed by atoms with E-state index in [4.69, 9.17) is 83.9 Å². The van der Waals surface area contributed by atoms with Crippen molar-refractivity contribution in [3.8, 4) is 0 Å². The van der Waals surface area contributed by atoms with Crippen molar-refractivity contribution in [2.75, 3.05) is 0 Å². The Balaban J connectivity index is -0.0000000201. The van der Waals surface area contributed by atoms with Gasteiger partial charge in [0.15, 0.2) is 0 Å². The second-order valence-electron chi connectivity index (χ2n) is 1.21. The van der Waals surface area contributed by atoms with Crippen LogP contribution in [-0.4, -0.2) is 28.0 Å². The van der Waals surface area contributed by atoms with Crippen LogP contribution < -0.4 is 107 Å². The molecule has 0 aromatic rings. The van der Waals surface area contributed by atoms with E-state index in [0.29, 0.717) is 0 Å². The van der Waals surface area contributed by atoms with Gasteiger partial charge < -0.3 is 57.3 Å². The fourth-order valence-electron chi connectivity index (χ4n) is 0. The van der Waals surface area contributed by atoms with E-state index >= 15 is 0 Å². The van der Waals surface area contributed by atoms with Crippen LogP contribution in [0, 0.1) is 64.7 Å². The van der Waals surface area contributed by atoms with Gasteiger partial charge in [-0.25, -0.2) is 0 Å². The van der Waals surface area contributed by atoms with Gasteiger partial charge >= 0.3 is 51.4 Å². The van der Waals surface area contributed by atoms with Crippen molar-refractivity contribution in [1.82, 2.24) is 0 Å². The van der Waals surface area contributed by atoms with Crippen molar-refractivity contribution in [1.29, 1.82) is 0 Å². The van der Waals surface area contributed by atoms with Gasteiger partial charge in [-0.2, -0.15) is 0 Å². The van der Waals surface area contributed by atoms with Gasteiger partial charge in [0.05, 0.1) is 0 Å². The fraction of sp³-hybridized carbons (Fsp3) is 0. The van der Waals surface area contributed by atoms with E-state index in [2.05, 4.69) is 0 Å². The molecule has 0 fully saturated rings. The zero-order valence-electron chi connectivity index (χ0n) is 12.2. The fourth-order valence-corrected chi connectivity index (χ4v) is 0. The Morgan fingerprint density at radius 2 is 0.346 bits per heavy atom. The molecule has 0 unspecified atom stereocenters. The minimum atomic E-state index is -2.60. The van der Waals surface area contributed by atoms with E-state index in [1.807, 2.05) is 0 Å². The molecule has 0 saturated heterocycles. The quantitative estimate of drug-likeness (QED) is 0.126. The minimum absolute atomic E-state index is 0. The first kappa shape index (κ1) is 51.7. The predicted molar refractivity (Wildman–Crippen MR) is 14.4 cm³/mol. The Morgan fingerprint density at radius 1 is 0.346 bits per heavy atom. The number of hydrogen-bond donors (Lipinski definition) is 6. The van der Waals surface area contributed by atoms with Gasteiger partial charge in [-0.3, -0.25) is 0 Å². The minimum Gasteiger partial charge on any atom is -1.00 e. The molecule has 0 aliphatic rings. The van der Waals surface area contributed by atoms with Crippen LogP contribution in [0.25, 0.3) is 0 Å². The third-order valence-corrected chi connectivity index (χ3v) is 0. The molecule has 0 saturated carbocycles. The van der Waals surface area contributed by atoms with Crippen LogP contribution in [0.5, 0.6) is 0 Å². The number of rotatable bonds is 0. The maximum absolute atomic E-state index is 8.52. The maximum atomic E-state index is 8.52. The van der Waals surface area contributed by atoms with Crippen molar-refractivity contribution in [3.63, 3.8) is 0 Å². The van der Waals surface area contributed by atoms with Crippen LogP contribution in [0.2, 0.25) is 0 Å². The van der Waals surface area contributed by atoms with Gasteiger partial charge in [-0.05, 0) is 0 Å². The average molecular weight is 739 g/mol. The summed E-state index contributed by atoms with van der Waals surface area (Å²) in [6, 6.07) is 0. The Hall–Kier alpha value is 3.31. The molecule has 0 aromatic heterocycles. The van der Waals surface area contributed by atoms with Crippen LogP contribution in [0.4, 0.5) is 0 Å². The Kier molecular flexibility index (Phi) is 92.5. The summed E-state index contributed by atoms with van der Waals surface area (Å²) in [5, 5.41) is 0. The number of hydrogen-bond acceptors (Lipinski definition) is 18. The van der Waals surface area contributed by atoms with E-state index in [1.54, 1.807) is 0 Å². The summed E-state index contributed by atoms with van der Waals surface area (Å²) in [5.41, 5.74) is 0. The molecule has 0 aromatic carbocycles. The molecule has 167 valence electrons. The molecule has 0 heterocycles. The summed E-state index contributed by atoms with van der Waals surface area (Å²) in [6.45, 7) is 0. The summed E-state index contributed by atoms with van der Waals surface area (Å²) >= 11 is 0. The number of halogens is 6. The third-order valence-electron chi connectivity index (χ3n) is 0. The van der Waals surface area contributed by atoms with Crippen molar-refractivity contribution in [3.05, 3.63) is 0 Å². The van der Waals surface area contributed by atoms with Gasteiger partial charge in [0.1, 0.15) is 0 Å². The summed E-state index contributed by atoms with van der Waals surface area (Å²) < 4.78 is 144. The first-order valence-corrected chi connectivity index (χ1v) is 8.60. The molecule has 0 aliphatic heterocycles. The van der Waals surface area contributed by atoms with Gasteiger partial charge in [-0.15, -0.1) is 0 Å². The molecule has 1 radical (unpaired) electrons. The second-order valence-corrected chi connectivity index (χ2v) is 3.62. The molecule has 18 nitrogen and oxygen atoms in total. The zero-order chi connectivity index (χ0) is 21.5. The summed E-state index contributed by atoms with van der Waals surface area (Å²) in [6.07, 6.45) is 0. The Morgan fingerprint density at radius 3 is 0.346 bits per heavy atom. The standard InChI is InChI=1S/6ClHO3.Ir.K.H/c6*2-1(3)4;;;/h6*2H;;;/q;;;;;;;+1;-1. The molecule has 0 aliphatic carbocycles. The monoisotopic (exact) mass is 737 g/mol. The molecule has 0 spiro atoms. The van der Waals surface area contributed by atoms with Gasteiger partial charge in [0, 0.05) is 48.1 Å². The van der Waals surface area contributed by atoms with Crippen molar-refractivity contribution >= 4 is 0 Å². The smallest absolute Gasteiger partial charge is 1.00 e. The molecule has 0 amide bonds. The van der Waals surface area contributed by atoms with E-state index in [1.165, 1.54) is 0 Å². The molecule has 0 bridgehead atoms. The summed E-state index contributed by atoms with van der Waals surface area (Å²) in [4.78, 5) is 0. The molecular formula is H7Cl6IrKO18. The Labute approximate surface area is 218 Å². The van der Waals surface area contributed by atoms with Crippen molar-refractivity contribution in [2.45, 2.75) is 0 Å². The van der Waals surface area contributed by atoms with Gasteiger partial charge in [0.2, 0.25) is 0 Å². The van der Waals surface area contributed by atoms with E-state index in [-0.39, 0.29) is 72.9 Å². The molecule has 0 rings (SSSR count). The average Bonchev–Trinajstić information content (AvgIpc) is 2.08. The first-order valence-electron chi connectivity index (χ1n) is 2.87. The predicted octanol–water partition coefficient (Wildman–Crippen LogP) is -20.5. The maximum Gasteiger partial charge on any atom is 1.00 e. The van der Waals surface area contributed by atoms with Crippen molar-refractivity contribution < 1.29 is 221 Å². The van der Waals surface area contributed by atoms with Crippen LogP contribution in [0.3, 0.4) is 0 Å².